The molecule has 0 aromatic heterocycles. The summed E-state index contributed by atoms with van der Waals surface area (Å²) in [4.78, 5) is 12.0. The van der Waals surface area contributed by atoms with Gasteiger partial charge in [-0.3, -0.25) is 4.79 Å². The standard InChI is InChI=1S/C12H25N3O3S/c1-10(2)14-11(16)12(3,4)9-19(17,18)15-7-5-13-6-8-15/h10,13H,5-9H2,1-4H3,(H,14,16). The Morgan fingerprint density at radius 3 is 2.32 bits per heavy atom. The third-order valence-electron chi connectivity index (χ3n) is 3.05. The largest absolute Gasteiger partial charge is 0.353 e. The van der Waals surface area contributed by atoms with Gasteiger partial charge in [-0.2, -0.15) is 4.31 Å². The summed E-state index contributed by atoms with van der Waals surface area (Å²) in [6, 6.07) is 0.00802. The second-order valence-electron chi connectivity index (χ2n) is 5.92. The Labute approximate surface area is 116 Å². The van der Waals surface area contributed by atoms with E-state index in [1.807, 2.05) is 13.8 Å². The minimum atomic E-state index is -3.39. The van der Waals surface area contributed by atoms with Crippen LogP contribution in [0.15, 0.2) is 0 Å². The highest BCUT2D eigenvalue weighted by Crippen LogP contribution is 2.21. The maximum atomic E-state index is 12.3. The van der Waals surface area contributed by atoms with Gasteiger partial charge in [0.05, 0.1) is 11.2 Å². The summed E-state index contributed by atoms with van der Waals surface area (Å²) in [5.74, 6) is -0.375. The van der Waals surface area contributed by atoms with Crippen LogP contribution in [0.4, 0.5) is 0 Å². The number of nitrogens with zero attached hydrogens (tertiary/aromatic N) is 1. The fraction of sp³-hybridized carbons (Fsp3) is 0.917. The van der Waals surface area contributed by atoms with Crippen molar-refractivity contribution in [3.8, 4) is 0 Å². The summed E-state index contributed by atoms with van der Waals surface area (Å²) in [5, 5.41) is 5.89. The molecule has 0 spiro atoms. The summed E-state index contributed by atoms with van der Waals surface area (Å²) in [6.07, 6.45) is 0. The molecule has 0 aliphatic carbocycles. The second kappa shape index (κ2) is 6.19. The minimum absolute atomic E-state index is 0.00802. The van der Waals surface area contributed by atoms with E-state index in [1.54, 1.807) is 13.8 Å². The Morgan fingerprint density at radius 1 is 1.32 bits per heavy atom. The molecule has 19 heavy (non-hydrogen) atoms. The number of nitrogens with one attached hydrogen (secondary N) is 2. The van der Waals surface area contributed by atoms with Crippen LogP contribution in [0.25, 0.3) is 0 Å². The SMILES string of the molecule is CC(C)NC(=O)C(C)(C)CS(=O)(=O)N1CCNCC1. The fourth-order valence-corrected chi connectivity index (χ4v) is 3.96. The van der Waals surface area contributed by atoms with Gasteiger partial charge in [0.25, 0.3) is 0 Å². The average Bonchev–Trinajstić information content (AvgIpc) is 2.28. The maximum absolute atomic E-state index is 12.3. The molecule has 1 amide bonds. The highest BCUT2D eigenvalue weighted by molar-refractivity contribution is 7.89. The summed E-state index contributed by atoms with van der Waals surface area (Å²) >= 11 is 0. The van der Waals surface area contributed by atoms with Crippen molar-refractivity contribution < 1.29 is 13.2 Å². The third-order valence-corrected chi connectivity index (χ3v) is 5.29. The van der Waals surface area contributed by atoms with Crippen LogP contribution in [0.5, 0.6) is 0 Å². The van der Waals surface area contributed by atoms with Crippen LogP contribution in [-0.2, 0) is 14.8 Å². The van der Waals surface area contributed by atoms with Crippen LogP contribution in [0.3, 0.4) is 0 Å². The summed E-state index contributed by atoms with van der Waals surface area (Å²) in [7, 11) is -3.39. The third kappa shape index (κ3) is 4.74. The molecule has 0 radical (unpaired) electrons. The van der Waals surface area contributed by atoms with Crippen molar-refractivity contribution in [1.29, 1.82) is 0 Å². The number of piperazine rings is 1. The van der Waals surface area contributed by atoms with Crippen LogP contribution < -0.4 is 10.6 Å². The van der Waals surface area contributed by atoms with Crippen molar-refractivity contribution in [3.63, 3.8) is 0 Å². The average molecular weight is 291 g/mol. The molecular weight excluding hydrogens is 266 g/mol. The van der Waals surface area contributed by atoms with E-state index in [0.29, 0.717) is 26.2 Å². The Kier molecular flexibility index (Phi) is 5.34. The van der Waals surface area contributed by atoms with Crippen molar-refractivity contribution in [2.45, 2.75) is 33.7 Å². The van der Waals surface area contributed by atoms with E-state index in [-0.39, 0.29) is 17.7 Å². The molecule has 1 rings (SSSR count). The minimum Gasteiger partial charge on any atom is -0.353 e. The smallest absolute Gasteiger partial charge is 0.226 e. The normalized spacial score (nSPS) is 18.6. The lowest BCUT2D eigenvalue weighted by Gasteiger charge is -2.31. The van der Waals surface area contributed by atoms with E-state index in [1.165, 1.54) is 4.31 Å². The van der Waals surface area contributed by atoms with Gasteiger partial charge in [-0.05, 0) is 27.7 Å². The summed E-state index contributed by atoms with van der Waals surface area (Å²) in [6.45, 7) is 9.34. The van der Waals surface area contributed by atoms with Crippen molar-refractivity contribution in [2.75, 3.05) is 31.9 Å². The van der Waals surface area contributed by atoms with Gasteiger partial charge in [-0.15, -0.1) is 0 Å². The number of hydrogen-bond acceptors (Lipinski definition) is 4. The van der Waals surface area contributed by atoms with Crippen molar-refractivity contribution >= 4 is 15.9 Å². The van der Waals surface area contributed by atoms with E-state index in [0.717, 1.165) is 0 Å². The van der Waals surface area contributed by atoms with E-state index in [4.69, 9.17) is 0 Å². The van der Waals surface area contributed by atoms with Gasteiger partial charge in [0, 0.05) is 32.2 Å². The molecule has 1 fully saturated rings. The molecule has 6 nitrogen and oxygen atoms in total. The van der Waals surface area contributed by atoms with E-state index in [2.05, 4.69) is 10.6 Å². The number of hydrogen-bond donors (Lipinski definition) is 2. The van der Waals surface area contributed by atoms with Gasteiger partial charge >= 0.3 is 0 Å². The number of amides is 1. The number of carbonyl (C=O) groups is 1. The molecule has 0 aromatic carbocycles. The van der Waals surface area contributed by atoms with Gasteiger partial charge in [0.1, 0.15) is 0 Å². The molecular formula is C12H25N3O3S. The van der Waals surface area contributed by atoms with Gasteiger partial charge in [0.2, 0.25) is 15.9 Å². The lowest BCUT2D eigenvalue weighted by Crippen LogP contribution is -2.51. The molecule has 0 saturated carbocycles. The summed E-state index contributed by atoms with van der Waals surface area (Å²) < 4.78 is 26.1. The first-order chi connectivity index (χ1) is 8.65. The molecule has 1 heterocycles. The van der Waals surface area contributed by atoms with Gasteiger partial charge in [-0.1, -0.05) is 0 Å². The Morgan fingerprint density at radius 2 is 1.84 bits per heavy atom. The van der Waals surface area contributed by atoms with Crippen LogP contribution in [0.2, 0.25) is 0 Å². The van der Waals surface area contributed by atoms with Gasteiger partial charge in [-0.25, -0.2) is 8.42 Å². The monoisotopic (exact) mass is 291 g/mol. The van der Waals surface area contributed by atoms with Crippen LogP contribution in [0.1, 0.15) is 27.7 Å². The van der Waals surface area contributed by atoms with Crippen LogP contribution in [0, 0.1) is 5.41 Å². The Bertz CT molecular complexity index is 412. The zero-order valence-corrected chi connectivity index (χ0v) is 13.0. The topological polar surface area (TPSA) is 78.5 Å². The second-order valence-corrected chi connectivity index (χ2v) is 7.89. The zero-order chi connectivity index (χ0) is 14.7. The summed E-state index contributed by atoms with van der Waals surface area (Å²) in [5.41, 5.74) is -0.923. The van der Waals surface area contributed by atoms with E-state index < -0.39 is 15.4 Å². The molecule has 1 aliphatic heterocycles. The van der Waals surface area contributed by atoms with Crippen molar-refractivity contribution in [2.24, 2.45) is 5.41 Å². The van der Waals surface area contributed by atoms with Gasteiger partial charge in [0.15, 0.2) is 0 Å². The van der Waals surface area contributed by atoms with Crippen molar-refractivity contribution in [3.05, 3.63) is 0 Å². The highest BCUT2D eigenvalue weighted by atomic mass is 32.2. The molecule has 2 N–H and O–H groups in total. The highest BCUT2D eigenvalue weighted by Gasteiger charge is 2.36. The van der Waals surface area contributed by atoms with E-state index in [9.17, 15) is 13.2 Å². The Balaban J connectivity index is 2.72. The first kappa shape index (κ1) is 16.4. The molecule has 0 bridgehead atoms. The molecule has 0 atom stereocenters. The van der Waals surface area contributed by atoms with Gasteiger partial charge < -0.3 is 10.6 Å². The molecule has 1 aliphatic rings. The first-order valence-electron chi connectivity index (χ1n) is 6.65. The lowest BCUT2D eigenvalue weighted by molar-refractivity contribution is -0.128. The molecule has 0 aromatic rings. The van der Waals surface area contributed by atoms with E-state index >= 15 is 0 Å². The number of sulfonamides is 1. The Hall–Kier alpha value is -0.660. The van der Waals surface area contributed by atoms with Crippen LogP contribution in [-0.4, -0.2) is 56.6 Å². The van der Waals surface area contributed by atoms with Crippen molar-refractivity contribution in [1.82, 2.24) is 14.9 Å². The zero-order valence-electron chi connectivity index (χ0n) is 12.2. The van der Waals surface area contributed by atoms with Crippen LogP contribution >= 0.6 is 0 Å². The number of carbonyl (C=O) groups excluding carboxylic acids is 1. The first-order valence-corrected chi connectivity index (χ1v) is 8.25. The molecule has 7 heteroatoms. The maximum Gasteiger partial charge on any atom is 0.226 e. The predicted octanol–water partition coefficient (Wildman–Crippen LogP) is -0.228. The lowest BCUT2D eigenvalue weighted by atomic mass is 9.95. The molecule has 0 unspecified atom stereocenters. The predicted molar refractivity (Wildman–Crippen MR) is 75.3 cm³/mol. The quantitative estimate of drug-likeness (QED) is 0.733. The molecule has 112 valence electrons. The fourth-order valence-electron chi connectivity index (χ4n) is 1.99. The number of rotatable bonds is 5. The molecule has 1 saturated heterocycles.